The molecule has 0 saturated carbocycles. The van der Waals surface area contributed by atoms with Crippen LogP contribution in [0.3, 0.4) is 0 Å². The molecule has 0 aliphatic carbocycles. The van der Waals surface area contributed by atoms with Gasteiger partial charge < -0.3 is 10.3 Å². The van der Waals surface area contributed by atoms with E-state index in [0.29, 0.717) is 22.2 Å². The molecule has 1 aromatic heterocycles. The molecule has 0 unspecified atom stereocenters. The monoisotopic (exact) mass is 290 g/mol. The van der Waals surface area contributed by atoms with Crippen LogP contribution in [0.1, 0.15) is 16.1 Å². The highest BCUT2D eigenvalue weighted by Gasteiger charge is 2.13. The molecular formula is C16H10N4O2. The molecule has 0 bridgehead atoms. The lowest BCUT2D eigenvalue weighted by molar-refractivity contribution is 0.102. The third kappa shape index (κ3) is 2.55. The van der Waals surface area contributed by atoms with Crippen molar-refractivity contribution in [2.24, 2.45) is 0 Å². The van der Waals surface area contributed by atoms with Crippen LogP contribution in [-0.2, 0) is 0 Å². The lowest BCUT2D eigenvalue weighted by atomic mass is 10.1. The van der Waals surface area contributed by atoms with E-state index < -0.39 is 11.6 Å². The van der Waals surface area contributed by atoms with E-state index in [2.05, 4.69) is 15.3 Å². The molecule has 106 valence electrons. The number of aromatic nitrogens is 2. The van der Waals surface area contributed by atoms with Crippen LogP contribution < -0.4 is 11.0 Å². The summed E-state index contributed by atoms with van der Waals surface area (Å²) in [5.41, 5.74) is 1.05. The van der Waals surface area contributed by atoms with Crippen molar-refractivity contribution in [3.8, 4) is 6.07 Å². The predicted molar refractivity (Wildman–Crippen MR) is 81.5 cm³/mol. The first-order chi connectivity index (χ1) is 10.7. The first kappa shape index (κ1) is 13.5. The van der Waals surface area contributed by atoms with Crippen molar-refractivity contribution in [3.05, 3.63) is 70.3 Å². The van der Waals surface area contributed by atoms with Crippen molar-refractivity contribution >= 4 is 22.5 Å². The van der Waals surface area contributed by atoms with Crippen molar-refractivity contribution in [2.45, 2.75) is 0 Å². The summed E-state index contributed by atoms with van der Waals surface area (Å²) in [4.78, 5) is 30.2. The highest BCUT2D eigenvalue weighted by molar-refractivity contribution is 6.10. The van der Waals surface area contributed by atoms with Crippen LogP contribution in [-0.4, -0.2) is 15.9 Å². The Morgan fingerprint density at radius 3 is 2.59 bits per heavy atom. The first-order valence-corrected chi connectivity index (χ1v) is 6.48. The summed E-state index contributed by atoms with van der Waals surface area (Å²) in [5, 5.41) is 12.0. The summed E-state index contributed by atoms with van der Waals surface area (Å²) in [6.07, 6.45) is 0. The van der Waals surface area contributed by atoms with E-state index in [1.807, 2.05) is 6.07 Å². The average Bonchev–Trinajstić information content (AvgIpc) is 2.54. The van der Waals surface area contributed by atoms with E-state index in [-0.39, 0.29) is 5.69 Å². The molecule has 6 heteroatoms. The van der Waals surface area contributed by atoms with Crippen molar-refractivity contribution in [2.75, 3.05) is 5.32 Å². The highest BCUT2D eigenvalue weighted by Crippen LogP contribution is 2.15. The number of para-hydroxylation sites is 1. The zero-order valence-corrected chi connectivity index (χ0v) is 11.3. The van der Waals surface area contributed by atoms with Gasteiger partial charge in [-0.2, -0.15) is 10.2 Å². The highest BCUT2D eigenvalue weighted by atomic mass is 16.2. The number of carbonyl (C=O) groups is 1. The Morgan fingerprint density at radius 1 is 1.14 bits per heavy atom. The maximum absolute atomic E-state index is 12.3. The number of nitriles is 1. The summed E-state index contributed by atoms with van der Waals surface area (Å²) in [6, 6.07) is 15.4. The number of hydrogen-bond acceptors (Lipinski definition) is 4. The summed E-state index contributed by atoms with van der Waals surface area (Å²) >= 11 is 0. The van der Waals surface area contributed by atoms with Crippen LogP contribution in [0.5, 0.6) is 0 Å². The summed E-state index contributed by atoms with van der Waals surface area (Å²) in [7, 11) is 0. The average molecular weight is 290 g/mol. The molecule has 2 N–H and O–H groups in total. The zero-order chi connectivity index (χ0) is 15.5. The van der Waals surface area contributed by atoms with Gasteiger partial charge in [0.1, 0.15) is 5.69 Å². The maximum atomic E-state index is 12.3. The second-order valence-corrected chi connectivity index (χ2v) is 4.58. The number of anilines is 1. The lowest BCUT2D eigenvalue weighted by Gasteiger charge is -2.06. The number of benzene rings is 2. The number of H-pyrrole nitrogens is 1. The van der Waals surface area contributed by atoms with E-state index >= 15 is 0 Å². The number of fused-ring (bicyclic) bond motifs is 1. The number of rotatable bonds is 2. The second kappa shape index (κ2) is 5.50. The van der Waals surface area contributed by atoms with E-state index in [4.69, 9.17) is 5.26 Å². The fourth-order valence-electron chi connectivity index (χ4n) is 2.10. The fourth-order valence-corrected chi connectivity index (χ4v) is 2.10. The van der Waals surface area contributed by atoms with Crippen molar-refractivity contribution in [1.29, 1.82) is 5.26 Å². The number of nitrogens with zero attached hydrogens (tertiary/aromatic N) is 2. The number of nitrogens with one attached hydrogen (secondary N) is 2. The molecule has 0 spiro atoms. The molecule has 22 heavy (non-hydrogen) atoms. The molecule has 3 rings (SSSR count). The molecule has 0 atom stereocenters. The molecule has 0 radical (unpaired) electrons. The van der Waals surface area contributed by atoms with Gasteiger partial charge in [-0.3, -0.25) is 4.79 Å². The van der Waals surface area contributed by atoms with Crippen molar-refractivity contribution in [1.82, 2.24) is 9.97 Å². The Kier molecular flexibility index (Phi) is 3.38. The third-order valence-electron chi connectivity index (χ3n) is 3.12. The molecular weight excluding hydrogens is 280 g/mol. The summed E-state index contributed by atoms with van der Waals surface area (Å²) in [6.45, 7) is 0. The van der Waals surface area contributed by atoms with Crippen LogP contribution in [0.4, 0.5) is 5.69 Å². The molecule has 6 nitrogen and oxygen atoms in total. The third-order valence-corrected chi connectivity index (χ3v) is 3.12. The van der Waals surface area contributed by atoms with E-state index in [1.165, 1.54) is 0 Å². The quantitative estimate of drug-likeness (QED) is 0.754. The predicted octanol–water partition coefficient (Wildman–Crippen LogP) is 2.05. The van der Waals surface area contributed by atoms with Gasteiger partial charge in [0.2, 0.25) is 0 Å². The van der Waals surface area contributed by atoms with Crippen LogP contribution in [0.25, 0.3) is 10.9 Å². The summed E-state index contributed by atoms with van der Waals surface area (Å²) in [5.74, 6) is -0.480. The SMILES string of the molecule is N#Cc1ccc(NC(=O)c2nc(=O)[nH]c3ccccc23)cc1. The van der Waals surface area contributed by atoms with Crippen molar-refractivity contribution < 1.29 is 4.79 Å². The number of carbonyl (C=O) groups excluding carboxylic acids is 1. The Bertz CT molecular complexity index is 952. The standard InChI is InChI=1S/C16H10N4O2/c17-9-10-5-7-11(8-6-10)18-15(21)14-12-3-1-2-4-13(12)19-16(22)20-14/h1-8H,(H,18,21)(H,19,20,22). The van der Waals surface area contributed by atoms with E-state index in [1.54, 1.807) is 48.5 Å². The smallest absolute Gasteiger partial charge is 0.321 e. The molecule has 0 saturated heterocycles. The molecule has 1 amide bonds. The molecule has 1 heterocycles. The minimum Gasteiger partial charge on any atom is -0.321 e. The van der Waals surface area contributed by atoms with Crippen LogP contribution in [0.2, 0.25) is 0 Å². The van der Waals surface area contributed by atoms with Crippen LogP contribution in [0, 0.1) is 11.3 Å². The minimum atomic E-state index is -0.580. The van der Waals surface area contributed by atoms with Gasteiger partial charge in [0, 0.05) is 11.1 Å². The Morgan fingerprint density at radius 2 is 1.86 bits per heavy atom. The minimum absolute atomic E-state index is 0.0590. The molecule has 3 aromatic rings. The Hall–Kier alpha value is -3.46. The van der Waals surface area contributed by atoms with Crippen LogP contribution >= 0.6 is 0 Å². The number of aromatic amines is 1. The normalized spacial score (nSPS) is 10.1. The topological polar surface area (TPSA) is 98.6 Å². The fraction of sp³-hybridized carbons (Fsp3) is 0. The largest absolute Gasteiger partial charge is 0.346 e. The summed E-state index contributed by atoms with van der Waals surface area (Å²) < 4.78 is 0. The lowest BCUT2D eigenvalue weighted by Crippen LogP contribution is -2.21. The zero-order valence-electron chi connectivity index (χ0n) is 11.3. The van der Waals surface area contributed by atoms with Gasteiger partial charge >= 0.3 is 5.69 Å². The molecule has 0 fully saturated rings. The van der Waals surface area contributed by atoms with Gasteiger partial charge in [-0.05, 0) is 30.3 Å². The molecule has 0 aliphatic rings. The second-order valence-electron chi connectivity index (χ2n) is 4.58. The molecule has 0 aliphatic heterocycles. The number of hydrogen-bond donors (Lipinski definition) is 2. The number of amides is 1. The van der Waals surface area contributed by atoms with Gasteiger partial charge in [0.25, 0.3) is 5.91 Å². The Labute approximate surface area is 125 Å². The van der Waals surface area contributed by atoms with E-state index in [0.717, 1.165) is 0 Å². The van der Waals surface area contributed by atoms with Gasteiger partial charge in [-0.15, -0.1) is 0 Å². The first-order valence-electron chi connectivity index (χ1n) is 6.48. The van der Waals surface area contributed by atoms with Gasteiger partial charge in [0.15, 0.2) is 0 Å². The van der Waals surface area contributed by atoms with Gasteiger partial charge in [0.05, 0.1) is 17.1 Å². The van der Waals surface area contributed by atoms with Gasteiger partial charge in [-0.1, -0.05) is 18.2 Å². The molecule has 2 aromatic carbocycles. The van der Waals surface area contributed by atoms with E-state index in [9.17, 15) is 9.59 Å². The maximum Gasteiger partial charge on any atom is 0.346 e. The van der Waals surface area contributed by atoms with Crippen LogP contribution in [0.15, 0.2) is 53.3 Å². The van der Waals surface area contributed by atoms with Gasteiger partial charge in [-0.25, -0.2) is 4.79 Å². The Balaban J connectivity index is 1.98. The van der Waals surface area contributed by atoms with Crippen molar-refractivity contribution in [3.63, 3.8) is 0 Å².